The molecule has 0 radical (unpaired) electrons. The molecule has 0 aromatic carbocycles. The van der Waals surface area contributed by atoms with Crippen LogP contribution in [0.5, 0.6) is 0 Å². The number of carbonyl (C=O) groups excluding carboxylic acids is 1. The first-order chi connectivity index (χ1) is 11.7. The van der Waals surface area contributed by atoms with Gasteiger partial charge >= 0.3 is 0 Å². The van der Waals surface area contributed by atoms with Gasteiger partial charge < -0.3 is 10.2 Å². The van der Waals surface area contributed by atoms with E-state index < -0.39 is 0 Å². The Morgan fingerprint density at radius 2 is 2.21 bits per heavy atom. The molecule has 24 heavy (non-hydrogen) atoms. The molecular weight excluding hydrogens is 300 g/mol. The minimum absolute atomic E-state index is 0.00737. The molecule has 5 heteroatoms. The van der Waals surface area contributed by atoms with Crippen LogP contribution in [0.4, 0.5) is 5.82 Å². The zero-order valence-electron chi connectivity index (χ0n) is 14.6. The van der Waals surface area contributed by atoms with Crippen molar-refractivity contribution in [1.29, 1.82) is 0 Å². The predicted octanol–water partition coefficient (Wildman–Crippen LogP) is 3.65. The van der Waals surface area contributed by atoms with E-state index in [0.29, 0.717) is 11.6 Å². The van der Waals surface area contributed by atoms with Crippen molar-refractivity contribution in [3.63, 3.8) is 0 Å². The van der Waals surface area contributed by atoms with Gasteiger partial charge in [0.1, 0.15) is 5.82 Å². The Balaban J connectivity index is 1.49. The van der Waals surface area contributed by atoms with E-state index in [4.69, 9.17) is 0 Å². The number of aromatic nitrogens is 2. The van der Waals surface area contributed by atoms with Crippen LogP contribution in [0.25, 0.3) is 0 Å². The number of hydrogen-bond donors (Lipinski definition) is 1. The largest absolute Gasteiger partial charge is 0.368 e. The third-order valence-electron chi connectivity index (χ3n) is 4.97. The zero-order chi connectivity index (χ0) is 16.8. The van der Waals surface area contributed by atoms with Crippen LogP contribution in [0.15, 0.2) is 23.8 Å². The summed E-state index contributed by atoms with van der Waals surface area (Å²) in [6, 6.07) is 3.65. The lowest BCUT2D eigenvalue weighted by Crippen LogP contribution is -2.39. The quantitative estimate of drug-likeness (QED) is 0.838. The molecule has 5 nitrogen and oxygen atoms in total. The van der Waals surface area contributed by atoms with Crippen molar-refractivity contribution in [2.24, 2.45) is 5.92 Å². The molecule has 1 fully saturated rings. The van der Waals surface area contributed by atoms with E-state index in [-0.39, 0.29) is 5.91 Å². The summed E-state index contributed by atoms with van der Waals surface area (Å²) in [4.78, 5) is 14.4. The SMILES string of the molecule is CC1CCCN(C(=O)c2ccc(NCCC3=CCCCC3)nn2)C1. The first kappa shape index (κ1) is 16.9. The highest BCUT2D eigenvalue weighted by atomic mass is 16.2. The number of likely N-dealkylation sites (tertiary alicyclic amines) is 1. The Labute approximate surface area is 144 Å². The lowest BCUT2D eigenvalue weighted by atomic mass is 9.97. The van der Waals surface area contributed by atoms with Gasteiger partial charge in [-0.25, -0.2) is 0 Å². The van der Waals surface area contributed by atoms with Crippen LogP contribution < -0.4 is 5.32 Å². The lowest BCUT2D eigenvalue weighted by Gasteiger charge is -2.30. The summed E-state index contributed by atoms with van der Waals surface area (Å²) in [7, 11) is 0. The van der Waals surface area contributed by atoms with E-state index in [1.807, 2.05) is 11.0 Å². The second-order valence-corrected chi connectivity index (χ2v) is 7.09. The van der Waals surface area contributed by atoms with Crippen LogP contribution in [-0.4, -0.2) is 40.6 Å². The van der Waals surface area contributed by atoms with E-state index in [1.165, 1.54) is 32.1 Å². The van der Waals surface area contributed by atoms with Crippen LogP contribution >= 0.6 is 0 Å². The number of allylic oxidation sites excluding steroid dienone is 1. The average molecular weight is 328 g/mol. The van der Waals surface area contributed by atoms with Crippen LogP contribution in [0.2, 0.25) is 0 Å². The number of anilines is 1. The van der Waals surface area contributed by atoms with Gasteiger partial charge in [0.15, 0.2) is 5.69 Å². The van der Waals surface area contributed by atoms with Crippen LogP contribution in [-0.2, 0) is 0 Å². The number of rotatable bonds is 5. The number of hydrogen-bond acceptors (Lipinski definition) is 4. The fraction of sp³-hybridized carbons (Fsp3) is 0.632. The molecule has 3 rings (SSSR count). The second kappa shape index (κ2) is 8.27. The summed E-state index contributed by atoms with van der Waals surface area (Å²) in [5, 5.41) is 11.6. The molecule has 1 aliphatic carbocycles. The molecule has 1 unspecified atom stereocenters. The van der Waals surface area contributed by atoms with E-state index in [0.717, 1.165) is 38.3 Å². The van der Waals surface area contributed by atoms with Crippen LogP contribution in [0.1, 0.15) is 62.4 Å². The topological polar surface area (TPSA) is 58.1 Å². The van der Waals surface area contributed by atoms with Crippen molar-refractivity contribution in [3.8, 4) is 0 Å². The van der Waals surface area contributed by atoms with Gasteiger partial charge in [0.25, 0.3) is 5.91 Å². The molecular formula is C19H28N4O. The Bertz CT molecular complexity index is 582. The van der Waals surface area contributed by atoms with E-state index in [1.54, 1.807) is 11.6 Å². The van der Waals surface area contributed by atoms with Gasteiger partial charge in [-0.1, -0.05) is 18.6 Å². The van der Waals surface area contributed by atoms with Crippen molar-refractivity contribution in [3.05, 3.63) is 29.5 Å². The third-order valence-corrected chi connectivity index (χ3v) is 4.97. The molecule has 0 spiro atoms. The van der Waals surface area contributed by atoms with Gasteiger partial charge in [0.05, 0.1) is 0 Å². The van der Waals surface area contributed by atoms with Gasteiger partial charge in [0, 0.05) is 19.6 Å². The van der Waals surface area contributed by atoms with Crippen molar-refractivity contribution >= 4 is 11.7 Å². The van der Waals surface area contributed by atoms with Gasteiger partial charge in [0.2, 0.25) is 0 Å². The molecule has 1 amide bonds. The first-order valence-electron chi connectivity index (χ1n) is 9.27. The van der Waals surface area contributed by atoms with E-state index in [2.05, 4.69) is 28.5 Å². The first-order valence-corrected chi connectivity index (χ1v) is 9.27. The summed E-state index contributed by atoms with van der Waals surface area (Å²) in [6.07, 6.45) is 10.8. The maximum atomic E-state index is 12.5. The summed E-state index contributed by atoms with van der Waals surface area (Å²) in [5.41, 5.74) is 2.00. The molecule has 2 aliphatic rings. The molecule has 1 aromatic rings. The Hall–Kier alpha value is -1.91. The van der Waals surface area contributed by atoms with Crippen molar-refractivity contribution in [2.45, 2.75) is 51.9 Å². The summed E-state index contributed by atoms with van der Waals surface area (Å²) in [5.74, 6) is 1.33. The van der Waals surface area contributed by atoms with Gasteiger partial charge in [-0.3, -0.25) is 4.79 Å². The Morgan fingerprint density at radius 1 is 1.29 bits per heavy atom. The third kappa shape index (κ3) is 4.56. The number of nitrogens with one attached hydrogen (secondary N) is 1. The maximum absolute atomic E-state index is 12.5. The summed E-state index contributed by atoms with van der Waals surface area (Å²) >= 11 is 0. The predicted molar refractivity (Wildman–Crippen MR) is 96.0 cm³/mol. The standard InChI is InChI=1S/C19H28N4O/c1-15-6-5-13-23(14-15)19(24)17-9-10-18(22-21-17)20-12-11-16-7-3-2-4-8-16/h7,9-10,15H,2-6,8,11-14H2,1H3,(H,20,22). The molecule has 1 saturated heterocycles. The highest BCUT2D eigenvalue weighted by molar-refractivity contribution is 5.92. The number of amides is 1. The van der Waals surface area contributed by atoms with Crippen molar-refractivity contribution in [1.82, 2.24) is 15.1 Å². The molecule has 1 atom stereocenters. The normalized spacial score (nSPS) is 21.3. The Morgan fingerprint density at radius 3 is 2.92 bits per heavy atom. The fourth-order valence-electron chi connectivity index (χ4n) is 3.56. The van der Waals surface area contributed by atoms with Gasteiger partial charge in [-0.05, 0) is 63.0 Å². The van der Waals surface area contributed by atoms with E-state index >= 15 is 0 Å². The molecule has 1 aliphatic heterocycles. The second-order valence-electron chi connectivity index (χ2n) is 7.09. The molecule has 1 aromatic heterocycles. The molecule has 0 saturated carbocycles. The van der Waals surface area contributed by atoms with Crippen molar-refractivity contribution in [2.75, 3.05) is 25.0 Å². The Kier molecular flexibility index (Phi) is 5.83. The van der Waals surface area contributed by atoms with Crippen LogP contribution in [0.3, 0.4) is 0 Å². The minimum atomic E-state index is 0.00737. The molecule has 0 bridgehead atoms. The van der Waals surface area contributed by atoms with Gasteiger partial charge in [-0.2, -0.15) is 0 Å². The minimum Gasteiger partial charge on any atom is -0.368 e. The monoisotopic (exact) mass is 328 g/mol. The highest BCUT2D eigenvalue weighted by Crippen LogP contribution is 2.20. The molecule has 130 valence electrons. The fourth-order valence-corrected chi connectivity index (χ4v) is 3.56. The van der Waals surface area contributed by atoms with Crippen molar-refractivity contribution < 1.29 is 4.79 Å². The maximum Gasteiger partial charge on any atom is 0.274 e. The molecule has 1 N–H and O–H groups in total. The summed E-state index contributed by atoms with van der Waals surface area (Å²) < 4.78 is 0. The number of carbonyl (C=O) groups is 1. The van der Waals surface area contributed by atoms with Crippen LogP contribution in [0, 0.1) is 5.92 Å². The number of nitrogens with zero attached hydrogens (tertiary/aromatic N) is 3. The highest BCUT2D eigenvalue weighted by Gasteiger charge is 2.23. The van der Waals surface area contributed by atoms with E-state index in [9.17, 15) is 4.79 Å². The summed E-state index contributed by atoms with van der Waals surface area (Å²) in [6.45, 7) is 4.73. The average Bonchev–Trinajstić information content (AvgIpc) is 2.63. The smallest absolute Gasteiger partial charge is 0.274 e. The van der Waals surface area contributed by atoms with Gasteiger partial charge in [-0.15, -0.1) is 10.2 Å². The lowest BCUT2D eigenvalue weighted by molar-refractivity contribution is 0.0676. The number of piperidine rings is 1. The zero-order valence-corrected chi connectivity index (χ0v) is 14.6. The molecule has 2 heterocycles.